The molecule has 1 atom stereocenters. The summed E-state index contributed by atoms with van der Waals surface area (Å²) in [5.41, 5.74) is 0.170. The number of benzene rings is 1. The van der Waals surface area contributed by atoms with Gasteiger partial charge in [-0.15, -0.1) is 0 Å². The first-order valence-corrected chi connectivity index (χ1v) is 7.05. The van der Waals surface area contributed by atoms with Crippen molar-refractivity contribution in [2.75, 3.05) is 0 Å². The third-order valence-electron chi connectivity index (χ3n) is 2.68. The molecule has 0 aliphatic heterocycles. The summed E-state index contributed by atoms with van der Waals surface area (Å²) in [6.07, 6.45) is 0. The minimum Gasteiger partial charge on any atom is -0.480 e. The first-order valence-electron chi connectivity index (χ1n) is 5.57. The maximum Gasteiger partial charge on any atom is 0.321 e. The van der Waals surface area contributed by atoms with Gasteiger partial charge in [0.15, 0.2) is 0 Å². The van der Waals surface area contributed by atoms with Crippen molar-refractivity contribution in [3.8, 4) is 0 Å². The molecule has 20 heavy (non-hydrogen) atoms. The summed E-state index contributed by atoms with van der Waals surface area (Å²) in [4.78, 5) is 20.7. The molecule has 0 heterocycles. The third-order valence-corrected chi connectivity index (χ3v) is 4.36. The zero-order valence-corrected chi connectivity index (χ0v) is 11.9. The van der Waals surface area contributed by atoms with Gasteiger partial charge in [-0.2, -0.15) is 4.72 Å². The molecular formula is C11H14N2O6S. The average molecular weight is 302 g/mol. The number of carbonyl (C=O) groups is 1. The van der Waals surface area contributed by atoms with Gasteiger partial charge >= 0.3 is 5.97 Å². The lowest BCUT2D eigenvalue weighted by Crippen LogP contribution is -2.38. The van der Waals surface area contributed by atoms with Gasteiger partial charge in [0.2, 0.25) is 10.0 Å². The normalized spacial score (nSPS) is 12.9. The molecule has 0 bridgehead atoms. The fraction of sp³-hybridized carbons (Fsp3) is 0.364. The molecule has 2 N–H and O–H groups in total. The summed E-state index contributed by atoms with van der Waals surface area (Å²) in [6.45, 7) is 4.01. The molecule has 0 aliphatic carbocycles. The molecular weight excluding hydrogens is 288 g/mol. The number of nitro benzene ring substituents is 1. The Balaban J connectivity index is 3.30. The number of hydrogen-bond acceptors (Lipinski definition) is 5. The average Bonchev–Trinajstić information content (AvgIpc) is 2.30. The molecule has 0 unspecified atom stereocenters. The second-order valence-electron chi connectivity index (χ2n) is 4.34. The van der Waals surface area contributed by atoms with Crippen LogP contribution in [0.2, 0.25) is 0 Å². The minimum absolute atomic E-state index is 0.172. The molecule has 9 heteroatoms. The van der Waals surface area contributed by atoms with Gasteiger partial charge in [0, 0.05) is 11.6 Å². The summed E-state index contributed by atoms with van der Waals surface area (Å²) in [6, 6.07) is 1.01. The largest absolute Gasteiger partial charge is 0.480 e. The number of sulfonamides is 1. The van der Waals surface area contributed by atoms with Gasteiger partial charge in [-0.1, -0.05) is 0 Å². The van der Waals surface area contributed by atoms with Crippen LogP contribution in [0, 0.1) is 24.0 Å². The van der Waals surface area contributed by atoms with Crippen molar-refractivity contribution in [1.29, 1.82) is 0 Å². The lowest BCUT2D eigenvalue weighted by molar-refractivity contribution is -0.385. The van der Waals surface area contributed by atoms with Crippen molar-refractivity contribution in [3.05, 3.63) is 33.4 Å². The summed E-state index contributed by atoms with van der Waals surface area (Å²) < 4.78 is 26.1. The summed E-state index contributed by atoms with van der Waals surface area (Å²) in [7, 11) is -4.05. The van der Waals surface area contributed by atoms with Gasteiger partial charge in [-0.05, 0) is 32.4 Å². The van der Waals surface area contributed by atoms with Crippen molar-refractivity contribution in [2.24, 2.45) is 0 Å². The standard InChI is InChI=1S/C11H14N2O6S/c1-6-5-10(7(2)4-9(6)13(16)17)20(18,19)12-8(3)11(14)15/h4-5,8,12H,1-3H3,(H,14,15)/t8-/m0/s1. The van der Waals surface area contributed by atoms with Crippen molar-refractivity contribution < 1.29 is 23.2 Å². The zero-order chi connectivity index (χ0) is 15.7. The Morgan fingerprint density at radius 3 is 2.35 bits per heavy atom. The Hall–Kier alpha value is -2.00. The second kappa shape index (κ2) is 5.55. The Morgan fingerprint density at radius 1 is 1.35 bits per heavy atom. The number of nitro groups is 1. The van der Waals surface area contributed by atoms with E-state index in [9.17, 15) is 23.3 Å². The Morgan fingerprint density at radius 2 is 1.90 bits per heavy atom. The van der Waals surface area contributed by atoms with E-state index in [0.29, 0.717) is 0 Å². The Kier molecular flexibility index (Phi) is 4.46. The van der Waals surface area contributed by atoms with E-state index in [-0.39, 0.29) is 21.7 Å². The fourth-order valence-electron chi connectivity index (χ4n) is 1.61. The van der Waals surface area contributed by atoms with Gasteiger partial charge in [-0.3, -0.25) is 14.9 Å². The van der Waals surface area contributed by atoms with E-state index in [4.69, 9.17) is 5.11 Å². The van der Waals surface area contributed by atoms with Crippen molar-refractivity contribution in [2.45, 2.75) is 31.7 Å². The molecule has 0 radical (unpaired) electrons. The summed E-state index contributed by atoms with van der Waals surface area (Å²) >= 11 is 0. The molecule has 0 saturated carbocycles. The maximum absolute atomic E-state index is 12.1. The first-order chi connectivity index (χ1) is 9.06. The van der Waals surface area contributed by atoms with Crippen molar-refractivity contribution >= 4 is 21.7 Å². The van der Waals surface area contributed by atoms with Crippen LogP contribution in [-0.4, -0.2) is 30.5 Å². The number of aryl methyl sites for hydroxylation is 2. The first kappa shape index (κ1) is 16.1. The van der Waals surface area contributed by atoms with Crippen LogP contribution in [0.1, 0.15) is 18.1 Å². The molecule has 0 fully saturated rings. The summed E-state index contributed by atoms with van der Waals surface area (Å²) in [5.74, 6) is -1.31. The van der Waals surface area contributed by atoms with Crippen LogP contribution in [0.25, 0.3) is 0 Å². The van der Waals surface area contributed by atoms with Crippen LogP contribution in [0.4, 0.5) is 5.69 Å². The van der Waals surface area contributed by atoms with Crippen LogP contribution < -0.4 is 4.72 Å². The maximum atomic E-state index is 12.1. The molecule has 1 aromatic rings. The molecule has 1 aromatic carbocycles. The van der Waals surface area contributed by atoms with E-state index in [1.54, 1.807) is 0 Å². The van der Waals surface area contributed by atoms with E-state index in [2.05, 4.69) is 0 Å². The van der Waals surface area contributed by atoms with Crippen molar-refractivity contribution in [1.82, 2.24) is 4.72 Å². The third kappa shape index (κ3) is 3.31. The molecule has 0 saturated heterocycles. The number of carboxylic acids is 1. The highest BCUT2D eigenvalue weighted by Gasteiger charge is 2.25. The van der Waals surface area contributed by atoms with E-state index in [1.807, 2.05) is 4.72 Å². The SMILES string of the molecule is Cc1cc(S(=O)(=O)N[C@@H](C)C(=O)O)c(C)cc1[N+](=O)[O-]. The van der Waals surface area contributed by atoms with Gasteiger partial charge in [0.1, 0.15) is 6.04 Å². The second-order valence-corrected chi connectivity index (χ2v) is 6.02. The van der Waals surface area contributed by atoms with Gasteiger partial charge < -0.3 is 5.11 Å². The zero-order valence-electron chi connectivity index (χ0n) is 11.1. The Bertz CT molecular complexity index is 668. The number of rotatable bonds is 5. The van der Waals surface area contributed by atoms with Crippen molar-refractivity contribution in [3.63, 3.8) is 0 Å². The quantitative estimate of drug-likeness (QED) is 0.616. The molecule has 0 aromatic heterocycles. The van der Waals surface area contributed by atoms with Crippen LogP contribution in [0.15, 0.2) is 17.0 Å². The van der Waals surface area contributed by atoms with E-state index >= 15 is 0 Å². The smallest absolute Gasteiger partial charge is 0.321 e. The Labute approximate surface area is 115 Å². The predicted octanol–water partition coefficient (Wildman–Crippen LogP) is 0.963. The van der Waals surface area contributed by atoms with Gasteiger partial charge in [-0.25, -0.2) is 8.42 Å². The van der Waals surface area contributed by atoms with E-state index in [1.165, 1.54) is 20.8 Å². The number of aliphatic carboxylic acids is 1. The highest BCUT2D eigenvalue weighted by Crippen LogP contribution is 2.25. The van der Waals surface area contributed by atoms with Gasteiger partial charge in [0.25, 0.3) is 5.69 Å². The van der Waals surface area contributed by atoms with Crippen LogP contribution in [0.5, 0.6) is 0 Å². The fourth-order valence-corrected chi connectivity index (χ4v) is 3.12. The minimum atomic E-state index is -4.05. The molecule has 1 rings (SSSR count). The monoisotopic (exact) mass is 302 g/mol. The highest BCUT2D eigenvalue weighted by atomic mass is 32.2. The van der Waals surface area contributed by atoms with E-state index in [0.717, 1.165) is 12.1 Å². The number of nitrogens with one attached hydrogen (secondary N) is 1. The lowest BCUT2D eigenvalue weighted by Gasteiger charge is -2.12. The topological polar surface area (TPSA) is 127 Å². The van der Waals surface area contributed by atoms with Crippen LogP contribution >= 0.6 is 0 Å². The highest BCUT2D eigenvalue weighted by molar-refractivity contribution is 7.89. The lowest BCUT2D eigenvalue weighted by atomic mass is 10.1. The predicted molar refractivity (Wildman–Crippen MR) is 70.0 cm³/mol. The molecule has 8 nitrogen and oxygen atoms in total. The number of hydrogen-bond donors (Lipinski definition) is 2. The van der Waals surface area contributed by atoms with E-state index < -0.39 is 27.0 Å². The molecule has 0 amide bonds. The summed E-state index contributed by atoms with van der Waals surface area (Å²) in [5, 5.41) is 19.5. The van der Waals surface area contributed by atoms with Crippen LogP contribution in [0.3, 0.4) is 0 Å². The molecule has 110 valence electrons. The molecule has 0 spiro atoms. The molecule has 0 aliphatic rings. The number of nitrogens with zero attached hydrogens (tertiary/aromatic N) is 1. The van der Waals surface area contributed by atoms with Gasteiger partial charge in [0.05, 0.1) is 9.82 Å². The van der Waals surface area contributed by atoms with Crippen LogP contribution in [-0.2, 0) is 14.8 Å². The number of carboxylic acid groups (broad SMARTS) is 1.